The van der Waals surface area contributed by atoms with E-state index in [9.17, 15) is 0 Å². The van der Waals surface area contributed by atoms with Gasteiger partial charge in [0.2, 0.25) is 5.95 Å². The van der Waals surface area contributed by atoms with Gasteiger partial charge < -0.3 is 16.4 Å². The first-order chi connectivity index (χ1) is 9.24. The second-order valence-electron chi connectivity index (χ2n) is 5.38. The molecule has 2 heterocycles. The molecule has 104 valence electrons. The van der Waals surface area contributed by atoms with Gasteiger partial charge >= 0.3 is 0 Å². The van der Waals surface area contributed by atoms with Gasteiger partial charge in [-0.05, 0) is 26.2 Å². The number of anilines is 3. The van der Waals surface area contributed by atoms with E-state index in [-0.39, 0.29) is 0 Å². The van der Waals surface area contributed by atoms with Crippen LogP contribution in [0.25, 0.3) is 0 Å². The molecule has 6 heteroatoms. The third-order valence-electron chi connectivity index (χ3n) is 3.74. The van der Waals surface area contributed by atoms with Gasteiger partial charge in [0, 0.05) is 37.8 Å². The lowest BCUT2D eigenvalue weighted by Gasteiger charge is -2.16. The van der Waals surface area contributed by atoms with Crippen molar-refractivity contribution >= 4 is 17.6 Å². The number of rotatable bonds is 5. The molecule has 1 saturated carbocycles. The Morgan fingerprint density at radius 2 is 2.11 bits per heavy atom. The van der Waals surface area contributed by atoms with Crippen molar-refractivity contribution in [3.8, 4) is 0 Å². The van der Waals surface area contributed by atoms with Crippen molar-refractivity contribution in [2.75, 3.05) is 36.0 Å². The number of hydrogen-bond donors (Lipinski definition) is 3. The summed E-state index contributed by atoms with van der Waals surface area (Å²) in [5.41, 5.74) is 5.74. The van der Waals surface area contributed by atoms with Crippen LogP contribution in [-0.2, 0) is 0 Å². The maximum absolute atomic E-state index is 5.74. The number of aromatic nitrogens is 2. The van der Waals surface area contributed by atoms with Gasteiger partial charge in [0.05, 0.1) is 0 Å². The molecule has 2 fully saturated rings. The Bertz CT molecular complexity index is 445. The molecular weight excluding hydrogens is 240 g/mol. The highest BCUT2D eigenvalue weighted by Crippen LogP contribution is 2.30. The average Bonchev–Trinajstić information content (AvgIpc) is 3.11. The smallest absolute Gasteiger partial charge is 0.223 e. The third kappa shape index (κ3) is 3.07. The average molecular weight is 262 g/mol. The minimum absolute atomic E-state index is 0.318. The largest absolute Gasteiger partial charge is 0.370 e. The molecule has 1 aromatic rings. The molecule has 1 aromatic heterocycles. The first-order valence-electron chi connectivity index (χ1n) is 7.13. The highest BCUT2D eigenvalue weighted by atomic mass is 15.2. The summed E-state index contributed by atoms with van der Waals surface area (Å²) in [5, 5.41) is 6.65. The number of nitrogens with zero attached hydrogens (tertiary/aromatic N) is 3. The van der Waals surface area contributed by atoms with Gasteiger partial charge in [-0.3, -0.25) is 4.90 Å². The molecule has 2 aliphatic rings. The molecule has 0 radical (unpaired) electrons. The van der Waals surface area contributed by atoms with Crippen LogP contribution in [0.4, 0.5) is 17.6 Å². The predicted molar refractivity (Wildman–Crippen MR) is 77.2 cm³/mol. The zero-order valence-corrected chi connectivity index (χ0v) is 11.4. The maximum atomic E-state index is 5.74. The minimum Gasteiger partial charge on any atom is -0.370 e. The van der Waals surface area contributed by atoms with Crippen molar-refractivity contribution in [3.63, 3.8) is 0 Å². The number of nitrogen functional groups attached to an aromatic ring is 1. The topological polar surface area (TPSA) is 79.1 Å². The van der Waals surface area contributed by atoms with Crippen LogP contribution in [0.5, 0.6) is 0 Å². The number of hydrogen-bond acceptors (Lipinski definition) is 6. The number of likely N-dealkylation sites (tertiary alicyclic amines) is 1. The molecule has 1 atom stereocenters. The maximum Gasteiger partial charge on any atom is 0.223 e. The molecule has 1 aliphatic heterocycles. The van der Waals surface area contributed by atoms with Crippen molar-refractivity contribution in [3.05, 3.63) is 6.07 Å². The fourth-order valence-electron chi connectivity index (χ4n) is 2.70. The summed E-state index contributed by atoms with van der Waals surface area (Å²) in [6, 6.07) is 3.25. The quantitative estimate of drug-likeness (QED) is 0.738. The van der Waals surface area contributed by atoms with Crippen LogP contribution < -0.4 is 16.4 Å². The fourth-order valence-corrected chi connectivity index (χ4v) is 2.70. The Kier molecular flexibility index (Phi) is 3.42. The van der Waals surface area contributed by atoms with Crippen molar-refractivity contribution < 1.29 is 0 Å². The fraction of sp³-hybridized carbons (Fsp3) is 0.692. The van der Waals surface area contributed by atoms with E-state index in [0.717, 1.165) is 30.8 Å². The lowest BCUT2D eigenvalue weighted by molar-refractivity contribution is 0.326. The summed E-state index contributed by atoms with van der Waals surface area (Å²) in [6.45, 7) is 5.18. The SMILES string of the molecule is CCNc1cc(NC2CCN(C3CC3)C2)nc(N)n1. The molecule has 0 aromatic carbocycles. The van der Waals surface area contributed by atoms with Crippen molar-refractivity contribution in [2.24, 2.45) is 0 Å². The zero-order chi connectivity index (χ0) is 13.2. The Labute approximate surface area is 113 Å². The molecule has 0 bridgehead atoms. The highest BCUT2D eigenvalue weighted by Gasteiger charge is 2.34. The van der Waals surface area contributed by atoms with E-state index in [1.54, 1.807) is 0 Å². The summed E-state index contributed by atoms with van der Waals surface area (Å²) in [5.74, 6) is 1.93. The minimum atomic E-state index is 0.318. The molecule has 3 rings (SSSR count). The Balaban J connectivity index is 1.62. The van der Waals surface area contributed by atoms with Gasteiger partial charge in [-0.25, -0.2) is 0 Å². The monoisotopic (exact) mass is 262 g/mol. The lowest BCUT2D eigenvalue weighted by Crippen LogP contribution is -2.28. The van der Waals surface area contributed by atoms with E-state index in [1.165, 1.54) is 25.8 Å². The third-order valence-corrected chi connectivity index (χ3v) is 3.74. The molecule has 1 saturated heterocycles. The van der Waals surface area contributed by atoms with E-state index in [1.807, 2.05) is 13.0 Å². The number of nitrogens with two attached hydrogens (primary N) is 1. The first-order valence-corrected chi connectivity index (χ1v) is 7.13. The summed E-state index contributed by atoms with van der Waals surface area (Å²) >= 11 is 0. The molecule has 0 spiro atoms. The van der Waals surface area contributed by atoms with Crippen molar-refractivity contribution in [2.45, 2.75) is 38.3 Å². The number of nitrogens with one attached hydrogen (secondary N) is 2. The van der Waals surface area contributed by atoms with E-state index >= 15 is 0 Å². The Morgan fingerprint density at radius 3 is 2.84 bits per heavy atom. The molecular formula is C13H22N6. The van der Waals surface area contributed by atoms with Gasteiger partial charge in [0.25, 0.3) is 0 Å². The molecule has 6 nitrogen and oxygen atoms in total. The van der Waals surface area contributed by atoms with Crippen LogP contribution in [0.2, 0.25) is 0 Å². The standard InChI is InChI=1S/C13H22N6/c1-2-15-11-7-12(18-13(14)17-11)16-9-5-6-19(8-9)10-3-4-10/h7,9-10H,2-6,8H2,1H3,(H4,14,15,16,17,18). The van der Waals surface area contributed by atoms with Crippen LogP contribution in [0.1, 0.15) is 26.2 Å². The second-order valence-corrected chi connectivity index (χ2v) is 5.38. The normalized spacial score (nSPS) is 23.5. The van der Waals surface area contributed by atoms with Crippen molar-refractivity contribution in [1.29, 1.82) is 0 Å². The van der Waals surface area contributed by atoms with Crippen LogP contribution >= 0.6 is 0 Å². The predicted octanol–water partition coefficient (Wildman–Crippen LogP) is 1.14. The zero-order valence-electron chi connectivity index (χ0n) is 11.4. The van der Waals surface area contributed by atoms with Gasteiger partial charge in [-0.1, -0.05) is 0 Å². The van der Waals surface area contributed by atoms with Gasteiger partial charge in [0.15, 0.2) is 0 Å². The van der Waals surface area contributed by atoms with E-state index in [2.05, 4.69) is 25.5 Å². The molecule has 0 amide bonds. The molecule has 4 N–H and O–H groups in total. The van der Waals surface area contributed by atoms with Crippen LogP contribution in [0.15, 0.2) is 6.07 Å². The molecule has 1 unspecified atom stereocenters. The van der Waals surface area contributed by atoms with E-state index in [4.69, 9.17) is 5.73 Å². The van der Waals surface area contributed by atoms with Gasteiger partial charge in [0.1, 0.15) is 11.6 Å². The van der Waals surface area contributed by atoms with E-state index in [0.29, 0.717) is 12.0 Å². The Morgan fingerprint density at radius 1 is 1.32 bits per heavy atom. The van der Waals surface area contributed by atoms with Crippen LogP contribution in [0, 0.1) is 0 Å². The second kappa shape index (κ2) is 5.21. The summed E-state index contributed by atoms with van der Waals surface area (Å²) in [4.78, 5) is 11.0. The molecule has 1 aliphatic carbocycles. The summed E-state index contributed by atoms with van der Waals surface area (Å²) in [6.07, 6.45) is 3.92. The van der Waals surface area contributed by atoms with Gasteiger partial charge in [-0.2, -0.15) is 9.97 Å². The molecule has 19 heavy (non-hydrogen) atoms. The van der Waals surface area contributed by atoms with Gasteiger partial charge in [-0.15, -0.1) is 0 Å². The highest BCUT2D eigenvalue weighted by molar-refractivity contribution is 5.51. The lowest BCUT2D eigenvalue weighted by atomic mass is 10.2. The van der Waals surface area contributed by atoms with Crippen LogP contribution in [-0.4, -0.2) is 46.6 Å². The summed E-state index contributed by atoms with van der Waals surface area (Å²) in [7, 11) is 0. The van der Waals surface area contributed by atoms with Crippen molar-refractivity contribution in [1.82, 2.24) is 14.9 Å². The van der Waals surface area contributed by atoms with Crippen LogP contribution in [0.3, 0.4) is 0 Å². The Hall–Kier alpha value is -1.56. The first kappa shape index (κ1) is 12.5. The summed E-state index contributed by atoms with van der Waals surface area (Å²) < 4.78 is 0. The van der Waals surface area contributed by atoms with E-state index < -0.39 is 0 Å².